The number of aliphatic hydroxyl groups excluding tert-OH is 5. The van der Waals surface area contributed by atoms with Crippen molar-refractivity contribution < 1.29 is 67.7 Å². The molecular formula is C37H78N2O12S. The van der Waals surface area contributed by atoms with Gasteiger partial charge in [-0.1, -0.05) is 91.4 Å². The van der Waals surface area contributed by atoms with Gasteiger partial charge in [-0.05, 0) is 44.9 Å². The van der Waals surface area contributed by atoms with Gasteiger partial charge in [-0.15, -0.1) is 0 Å². The third-order valence-electron chi connectivity index (χ3n) is 8.75. The summed E-state index contributed by atoms with van der Waals surface area (Å²) in [5.74, 6) is -1.50. The molecule has 0 aromatic carbocycles. The Balaban J connectivity index is -0.000000969. The molecule has 0 rings (SSSR count). The first kappa shape index (κ1) is 54.9. The third-order valence-corrected chi connectivity index (χ3v) is 10.1. The highest BCUT2D eigenvalue weighted by Gasteiger charge is 2.28. The number of hydrogen-bond donors (Lipinski definition) is 7. The predicted octanol–water partition coefficient (Wildman–Crippen LogP) is -0.262. The van der Waals surface area contributed by atoms with Gasteiger partial charge >= 0.3 is 5.97 Å². The summed E-state index contributed by atoms with van der Waals surface area (Å²) >= 11 is 0. The van der Waals surface area contributed by atoms with E-state index in [0.717, 1.165) is 69.5 Å². The van der Waals surface area contributed by atoms with Crippen LogP contribution in [0.3, 0.4) is 0 Å². The number of quaternary nitrogens is 2. The molecule has 52 heavy (non-hydrogen) atoms. The maximum absolute atomic E-state index is 12.3. The summed E-state index contributed by atoms with van der Waals surface area (Å²) in [4.78, 5) is 25.0. The molecule has 0 aliphatic rings. The van der Waals surface area contributed by atoms with E-state index in [1.807, 2.05) is 0 Å². The molecule has 14 nitrogen and oxygen atoms in total. The quantitative estimate of drug-likeness (QED) is 0.0255. The van der Waals surface area contributed by atoms with Crippen LogP contribution in [0, 0.1) is 0 Å². The topological polar surface area (TPSA) is 234 Å². The normalized spacial score (nSPS) is 12.5. The van der Waals surface area contributed by atoms with Crippen molar-refractivity contribution in [3.05, 3.63) is 0 Å². The first-order valence-electron chi connectivity index (χ1n) is 20.0. The molecule has 2 unspecified atom stereocenters. The predicted molar refractivity (Wildman–Crippen MR) is 200 cm³/mol. The smallest absolute Gasteiger partial charge is 0.306 e. The molecule has 0 aromatic rings. The van der Waals surface area contributed by atoms with Gasteiger partial charge in [0.15, 0.2) is 0 Å². The highest BCUT2D eigenvalue weighted by molar-refractivity contribution is 7.86. The van der Waals surface area contributed by atoms with E-state index in [0.29, 0.717) is 45.3 Å². The first-order chi connectivity index (χ1) is 24.9. The summed E-state index contributed by atoms with van der Waals surface area (Å²) in [5.41, 5.74) is 0. The first-order valence-corrected chi connectivity index (χ1v) is 21.4. The van der Waals surface area contributed by atoms with E-state index in [4.69, 9.17) is 30.3 Å². The lowest BCUT2D eigenvalue weighted by atomic mass is 10.0. The fraction of sp³-hybridized carbons (Fsp3) is 0.946. The van der Waals surface area contributed by atoms with Gasteiger partial charge in [-0.2, -0.15) is 0 Å². The summed E-state index contributed by atoms with van der Waals surface area (Å²) in [7, 11) is -4.56. The lowest BCUT2D eigenvalue weighted by molar-refractivity contribution is -0.901. The number of hydrogen-bond acceptors (Lipinski definition) is 12. The fourth-order valence-corrected chi connectivity index (χ4v) is 6.79. The van der Waals surface area contributed by atoms with Gasteiger partial charge < -0.3 is 54.5 Å². The lowest BCUT2D eigenvalue weighted by Crippen LogP contribution is -3.13. The van der Waals surface area contributed by atoms with Gasteiger partial charge in [0.05, 0.1) is 44.8 Å². The average molecular weight is 775 g/mol. The molecule has 0 aromatic heterocycles. The van der Waals surface area contributed by atoms with E-state index < -0.39 is 33.4 Å². The Kier molecular flexibility index (Phi) is 43.0. The van der Waals surface area contributed by atoms with E-state index in [2.05, 4.69) is 13.8 Å². The molecular weight excluding hydrogens is 696 g/mol. The van der Waals surface area contributed by atoms with E-state index >= 15 is 0 Å². The number of carbonyl (C=O) groups is 2. The number of nitrogens with one attached hydrogen (secondary N) is 2. The lowest BCUT2D eigenvalue weighted by Gasteiger charge is -2.28. The number of esters is 1. The minimum Gasteiger partial charge on any atom is -0.748 e. The van der Waals surface area contributed by atoms with Gasteiger partial charge in [0, 0.05) is 12.4 Å². The fourth-order valence-electron chi connectivity index (χ4n) is 5.82. The molecule has 0 heterocycles. The number of carboxylic acids is 1. The van der Waals surface area contributed by atoms with Crippen LogP contribution in [0.4, 0.5) is 0 Å². The molecule has 314 valence electrons. The standard InChI is InChI=1S/C24H46O7S.C7H17NO2.C6H15NO3/c1-3-5-6-7-8-9-10-14-17-20-24(27)31-21(22(4-2)32(28,29)30)18-15-12-11-13-16-19-23(25)26;1-2-3-8(4-6-9)5-7-10;8-4-1-7(2-5-9)3-6-10/h21-22H,3-20H2,1-2H3,(H,25,26)(H,28,29,30);9-10H,2-7H2,1H3;8-10H,1-6H2. The molecule has 0 fully saturated rings. The van der Waals surface area contributed by atoms with Crippen molar-refractivity contribution in [1.82, 2.24) is 0 Å². The molecule has 2 atom stereocenters. The number of carbonyl (C=O) groups excluding carboxylic acids is 2. The second kappa shape index (κ2) is 40.7. The molecule has 15 heteroatoms. The van der Waals surface area contributed by atoms with Gasteiger partial charge in [0.25, 0.3) is 0 Å². The van der Waals surface area contributed by atoms with Gasteiger partial charge in [0.1, 0.15) is 48.9 Å². The summed E-state index contributed by atoms with van der Waals surface area (Å²) in [6.07, 6.45) is 14.5. The van der Waals surface area contributed by atoms with Crippen LogP contribution >= 0.6 is 0 Å². The Bertz CT molecular complexity index is 836. The Morgan fingerprint density at radius 3 is 1.33 bits per heavy atom. The van der Waals surface area contributed by atoms with Crippen molar-refractivity contribution in [2.75, 3.05) is 72.3 Å². The van der Waals surface area contributed by atoms with E-state index in [9.17, 15) is 27.7 Å². The summed E-state index contributed by atoms with van der Waals surface area (Å²) in [6.45, 7) is 11.0. The van der Waals surface area contributed by atoms with Crippen molar-refractivity contribution >= 4 is 22.1 Å². The number of aliphatic carboxylic acids is 1. The molecule has 0 spiro atoms. The number of rotatable bonds is 34. The summed E-state index contributed by atoms with van der Waals surface area (Å²) in [5, 5.41) is 51.9. The van der Waals surface area contributed by atoms with Gasteiger partial charge in [-0.3, -0.25) is 4.79 Å². The number of ether oxygens (including phenoxy) is 1. The molecule has 0 saturated carbocycles. The van der Waals surface area contributed by atoms with Crippen LogP contribution in [-0.2, 0) is 24.4 Å². The van der Waals surface area contributed by atoms with Crippen molar-refractivity contribution in [2.24, 2.45) is 0 Å². The average Bonchev–Trinajstić information content (AvgIpc) is 3.08. The van der Waals surface area contributed by atoms with E-state index in [1.165, 1.54) is 37.0 Å². The van der Waals surface area contributed by atoms with Crippen molar-refractivity contribution in [2.45, 2.75) is 154 Å². The minimum absolute atomic E-state index is 0.0332. The van der Waals surface area contributed by atoms with Crippen LogP contribution in [0.2, 0.25) is 0 Å². The molecule has 0 radical (unpaired) electrons. The van der Waals surface area contributed by atoms with E-state index in [1.54, 1.807) is 6.92 Å². The maximum Gasteiger partial charge on any atom is 0.306 e. The number of unbranched alkanes of at least 4 members (excludes halogenated alkanes) is 12. The molecule has 0 aliphatic carbocycles. The molecule has 0 amide bonds. The summed E-state index contributed by atoms with van der Waals surface area (Å²) < 4.78 is 40.4. The second-order valence-corrected chi connectivity index (χ2v) is 14.9. The molecule has 0 aliphatic heterocycles. The Labute approximate surface area is 315 Å². The van der Waals surface area contributed by atoms with E-state index in [-0.39, 0.29) is 52.3 Å². The van der Waals surface area contributed by atoms with Gasteiger partial charge in [0.2, 0.25) is 0 Å². The summed E-state index contributed by atoms with van der Waals surface area (Å²) in [6, 6.07) is 0. The van der Waals surface area contributed by atoms with Gasteiger partial charge in [-0.25, -0.2) is 8.42 Å². The SMILES string of the molecule is CCCCCCCCCCCC(=O)OC(CCCCCCCC(=O)[O-])C(CC)S(=O)(=O)[O-].CCC[NH+](CCO)CCO.OCC[NH+](CCO)CCO. The Morgan fingerprint density at radius 1 is 0.577 bits per heavy atom. The molecule has 0 saturated heterocycles. The van der Waals surface area contributed by atoms with Crippen LogP contribution in [-0.4, -0.2) is 134 Å². The Morgan fingerprint density at radius 2 is 0.962 bits per heavy atom. The highest BCUT2D eigenvalue weighted by atomic mass is 32.2. The van der Waals surface area contributed by atoms with Crippen LogP contribution in [0.5, 0.6) is 0 Å². The van der Waals surface area contributed by atoms with Crippen LogP contribution in [0.25, 0.3) is 0 Å². The monoisotopic (exact) mass is 775 g/mol. The minimum atomic E-state index is -4.56. The second-order valence-electron chi connectivity index (χ2n) is 13.3. The number of carboxylic acid groups (broad SMARTS) is 1. The zero-order chi connectivity index (χ0) is 39.9. The zero-order valence-corrected chi connectivity index (χ0v) is 33.7. The third kappa shape index (κ3) is 38.3. The zero-order valence-electron chi connectivity index (χ0n) is 32.9. The largest absolute Gasteiger partial charge is 0.748 e. The highest BCUT2D eigenvalue weighted by Crippen LogP contribution is 2.21. The van der Waals surface area contributed by atoms with Crippen LogP contribution < -0.4 is 14.9 Å². The van der Waals surface area contributed by atoms with Crippen molar-refractivity contribution in [1.29, 1.82) is 0 Å². The van der Waals surface area contributed by atoms with Crippen LogP contribution in [0.1, 0.15) is 143 Å². The van der Waals surface area contributed by atoms with Crippen LogP contribution in [0.15, 0.2) is 0 Å². The Hall–Kier alpha value is -1.43. The van der Waals surface area contributed by atoms with Crippen molar-refractivity contribution in [3.8, 4) is 0 Å². The number of aliphatic hydroxyl groups is 5. The maximum atomic E-state index is 12.3. The molecule has 0 bridgehead atoms. The molecule has 7 N–H and O–H groups in total. The van der Waals surface area contributed by atoms with Crippen molar-refractivity contribution in [3.63, 3.8) is 0 Å².